The molecule has 0 amide bonds. The molecule has 6 heteroatoms. The summed E-state index contributed by atoms with van der Waals surface area (Å²) in [4.78, 5) is 19.5. The Morgan fingerprint density at radius 2 is 2.32 bits per heavy atom. The standard InChI is InChI=1S/C16H22N2O2S2/c1-3-12-9-13-14(22-12)17-16(18(4-2)15(13)19)21-10-11-7-5-6-8-20-11/h9,11H,3-8,10H2,1-2H3. The number of aryl methyl sites for hydroxylation is 1. The molecule has 1 atom stereocenters. The van der Waals surface area contributed by atoms with Crippen LogP contribution in [0.5, 0.6) is 0 Å². The number of thioether (sulfide) groups is 1. The largest absolute Gasteiger partial charge is 0.377 e. The van der Waals surface area contributed by atoms with Crippen LogP contribution >= 0.6 is 23.1 Å². The Morgan fingerprint density at radius 3 is 3.00 bits per heavy atom. The van der Waals surface area contributed by atoms with E-state index >= 15 is 0 Å². The molecule has 0 aromatic carbocycles. The Balaban J connectivity index is 1.88. The van der Waals surface area contributed by atoms with Crippen LogP contribution in [0.4, 0.5) is 0 Å². The summed E-state index contributed by atoms with van der Waals surface area (Å²) in [5.41, 5.74) is 0.0931. The SMILES string of the molecule is CCc1cc2c(=O)n(CC)c(SCC3CCCCO3)nc2s1. The molecule has 0 radical (unpaired) electrons. The van der Waals surface area contributed by atoms with Crippen LogP contribution in [0, 0.1) is 0 Å². The Kier molecular flexibility index (Phi) is 5.21. The molecular weight excluding hydrogens is 316 g/mol. The predicted octanol–water partition coefficient (Wildman–Crippen LogP) is 3.70. The third kappa shape index (κ3) is 3.24. The lowest BCUT2D eigenvalue weighted by atomic mass is 10.1. The molecule has 0 N–H and O–H groups in total. The van der Waals surface area contributed by atoms with Crippen LogP contribution < -0.4 is 5.56 Å². The van der Waals surface area contributed by atoms with Crippen LogP contribution in [0.25, 0.3) is 10.2 Å². The minimum atomic E-state index is 0.0931. The van der Waals surface area contributed by atoms with Crippen LogP contribution in [-0.2, 0) is 17.7 Å². The van der Waals surface area contributed by atoms with Crippen molar-refractivity contribution in [3.63, 3.8) is 0 Å². The molecule has 1 fully saturated rings. The van der Waals surface area contributed by atoms with E-state index in [9.17, 15) is 4.79 Å². The average Bonchev–Trinajstić information content (AvgIpc) is 2.97. The van der Waals surface area contributed by atoms with E-state index in [0.717, 1.165) is 40.6 Å². The highest BCUT2D eigenvalue weighted by Gasteiger charge is 2.17. The number of aromatic nitrogens is 2. The maximum atomic E-state index is 12.6. The van der Waals surface area contributed by atoms with Gasteiger partial charge in [-0.2, -0.15) is 0 Å². The first-order valence-electron chi connectivity index (χ1n) is 8.00. The Hall–Kier alpha value is -0.850. The molecule has 1 aliphatic rings. The highest BCUT2D eigenvalue weighted by Crippen LogP contribution is 2.26. The summed E-state index contributed by atoms with van der Waals surface area (Å²) in [6, 6.07) is 2.00. The fraction of sp³-hybridized carbons (Fsp3) is 0.625. The third-order valence-electron chi connectivity index (χ3n) is 4.00. The van der Waals surface area contributed by atoms with Gasteiger partial charge in [-0.25, -0.2) is 4.98 Å². The number of nitrogens with zero attached hydrogens (tertiary/aromatic N) is 2. The molecule has 2 aromatic rings. The second kappa shape index (κ2) is 7.15. The summed E-state index contributed by atoms with van der Waals surface area (Å²) in [7, 11) is 0. The second-order valence-corrected chi connectivity index (χ2v) is 7.63. The topological polar surface area (TPSA) is 44.1 Å². The third-order valence-corrected chi connectivity index (χ3v) is 6.29. The summed E-state index contributed by atoms with van der Waals surface area (Å²) >= 11 is 3.29. The van der Waals surface area contributed by atoms with E-state index < -0.39 is 0 Å². The van der Waals surface area contributed by atoms with E-state index in [4.69, 9.17) is 9.72 Å². The second-order valence-electron chi connectivity index (χ2n) is 5.53. The summed E-state index contributed by atoms with van der Waals surface area (Å²) in [5, 5.41) is 1.60. The van der Waals surface area contributed by atoms with Crippen molar-refractivity contribution in [2.24, 2.45) is 0 Å². The number of fused-ring (bicyclic) bond motifs is 1. The quantitative estimate of drug-likeness (QED) is 0.616. The Morgan fingerprint density at radius 1 is 1.45 bits per heavy atom. The van der Waals surface area contributed by atoms with Crippen molar-refractivity contribution in [1.29, 1.82) is 0 Å². The number of ether oxygens (including phenoxy) is 1. The molecule has 1 aliphatic heterocycles. The molecule has 0 aliphatic carbocycles. The van der Waals surface area contributed by atoms with E-state index in [1.807, 2.05) is 13.0 Å². The number of hydrogen-bond donors (Lipinski definition) is 0. The molecule has 0 saturated carbocycles. The van der Waals surface area contributed by atoms with Crippen molar-refractivity contribution >= 4 is 33.3 Å². The van der Waals surface area contributed by atoms with Crippen LogP contribution in [0.3, 0.4) is 0 Å². The molecule has 22 heavy (non-hydrogen) atoms. The maximum Gasteiger partial charge on any atom is 0.262 e. The van der Waals surface area contributed by atoms with Crippen molar-refractivity contribution < 1.29 is 4.74 Å². The van der Waals surface area contributed by atoms with Crippen molar-refractivity contribution in [1.82, 2.24) is 9.55 Å². The first-order valence-corrected chi connectivity index (χ1v) is 9.80. The van der Waals surface area contributed by atoms with E-state index in [1.54, 1.807) is 27.7 Å². The van der Waals surface area contributed by atoms with E-state index in [2.05, 4.69) is 6.92 Å². The van der Waals surface area contributed by atoms with Crippen molar-refractivity contribution in [2.45, 2.75) is 57.3 Å². The number of thiophene rings is 1. The van der Waals surface area contributed by atoms with E-state index in [-0.39, 0.29) is 5.56 Å². The first-order chi connectivity index (χ1) is 10.7. The van der Waals surface area contributed by atoms with Crippen LogP contribution in [0.15, 0.2) is 16.0 Å². The molecule has 1 unspecified atom stereocenters. The van der Waals surface area contributed by atoms with Gasteiger partial charge in [0.15, 0.2) is 5.16 Å². The highest BCUT2D eigenvalue weighted by atomic mass is 32.2. The molecule has 3 heterocycles. The van der Waals surface area contributed by atoms with Crippen molar-refractivity contribution in [3.8, 4) is 0 Å². The molecule has 120 valence electrons. The summed E-state index contributed by atoms with van der Waals surface area (Å²) in [6.45, 7) is 5.64. The van der Waals surface area contributed by atoms with Gasteiger partial charge < -0.3 is 4.74 Å². The lowest BCUT2D eigenvalue weighted by Gasteiger charge is -2.22. The van der Waals surface area contributed by atoms with Gasteiger partial charge in [-0.05, 0) is 38.7 Å². The van der Waals surface area contributed by atoms with Crippen LogP contribution in [0.2, 0.25) is 0 Å². The minimum Gasteiger partial charge on any atom is -0.377 e. The molecule has 4 nitrogen and oxygen atoms in total. The van der Waals surface area contributed by atoms with Crippen LogP contribution in [0.1, 0.15) is 38.0 Å². The average molecular weight is 338 g/mol. The van der Waals surface area contributed by atoms with Gasteiger partial charge >= 0.3 is 0 Å². The van der Waals surface area contributed by atoms with Gasteiger partial charge in [0.25, 0.3) is 5.56 Å². The number of hydrogen-bond acceptors (Lipinski definition) is 5. The predicted molar refractivity (Wildman–Crippen MR) is 93.2 cm³/mol. The molecule has 0 bridgehead atoms. The van der Waals surface area contributed by atoms with Crippen molar-refractivity contribution in [2.75, 3.05) is 12.4 Å². The molecule has 1 saturated heterocycles. The Bertz CT molecular complexity index is 702. The fourth-order valence-electron chi connectivity index (χ4n) is 2.72. The molecule has 2 aromatic heterocycles. The summed E-state index contributed by atoms with van der Waals surface area (Å²) in [6.07, 6.45) is 4.77. The normalized spacial score (nSPS) is 18.9. The maximum absolute atomic E-state index is 12.6. The van der Waals surface area contributed by atoms with Gasteiger partial charge in [-0.15, -0.1) is 11.3 Å². The summed E-state index contributed by atoms with van der Waals surface area (Å²) in [5.74, 6) is 0.879. The van der Waals surface area contributed by atoms with Crippen LogP contribution in [-0.4, -0.2) is 28.0 Å². The molecule has 0 spiro atoms. The lowest BCUT2D eigenvalue weighted by Crippen LogP contribution is -2.24. The Labute approximate surface area is 138 Å². The van der Waals surface area contributed by atoms with Crippen molar-refractivity contribution in [3.05, 3.63) is 21.3 Å². The highest BCUT2D eigenvalue weighted by molar-refractivity contribution is 7.99. The van der Waals surface area contributed by atoms with Gasteiger partial charge in [0.2, 0.25) is 0 Å². The zero-order chi connectivity index (χ0) is 15.5. The summed E-state index contributed by atoms with van der Waals surface area (Å²) < 4.78 is 7.57. The fourth-order valence-corrected chi connectivity index (χ4v) is 4.85. The van der Waals surface area contributed by atoms with Gasteiger partial charge in [0, 0.05) is 23.8 Å². The number of rotatable bonds is 5. The first kappa shape index (κ1) is 16.0. The zero-order valence-electron chi connectivity index (χ0n) is 13.1. The van der Waals surface area contributed by atoms with Gasteiger partial charge in [-0.1, -0.05) is 18.7 Å². The van der Waals surface area contributed by atoms with E-state index in [0.29, 0.717) is 12.6 Å². The lowest BCUT2D eigenvalue weighted by molar-refractivity contribution is 0.0315. The van der Waals surface area contributed by atoms with Gasteiger partial charge in [0.05, 0.1) is 11.5 Å². The molecule has 3 rings (SSSR count). The molecular formula is C16H22N2O2S2. The smallest absolute Gasteiger partial charge is 0.262 e. The minimum absolute atomic E-state index is 0.0931. The van der Waals surface area contributed by atoms with E-state index in [1.165, 1.54) is 17.7 Å². The zero-order valence-corrected chi connectivity index (χ0v) is 14.8. The van der Waals surface area contributed by atoms with Gasteiger partial charge in [-0.3, -0.25) is 9.36 Å². The van der Waals surface area contributed by atoms with Gasteiger partial charge in [0.1, 0.15) is 4.83 Å². The monoisotopic (exact) mass is 338 g/mol.